The molecule has 0 aliphatic carbocycles. The first-order valence-electron chi connectivity index (χ1n) is 7.70. The van der Waals surface area contributed by atoms with Crippen molar-refractivity contribution < 1.29 is 14.3 Å². The number of nitrogens with one attached hydrogen (secondary N) is 1. The summed E-state index contributed by atoms with van der Waals surface area (Å²) in [5.74, 6) is 1.51. The fraction of sp³-hybridized carbons (Fsp3) is 0.353. The molecule has 2 heterocycles. The molecule has 5 nitrogen and oxygen atoms in total. The second kappa shape index (κ2) is 7.37. The predicted molar refractivity (Wildman–Crippen MR) is 90.1 cm³/mol. The van der Waals surface area contributed by atoms with E-state index in [9.17, 15) is 4.79 Å². The van der Waals surface area contributed by atoms with Gasteiger partial charge in [-0.3, -0.25) is 0 Å². The fourth-order valence-corrected chi connectivity index (χ4v) is 3.12. The molecule has 0 saturated heterocycles. The summed E-state index contributed by atoms with van der Waals surface area (Å²) in [7, 11) is 0. The molecule has 0 spiro atoms. The zero-order chi connectivity index (χ0) is 16.1. The molecule has 1 aliphatic rings. The van der Waals surface area contributed by atoms with Gasteiger partial charge in [0.2, 0.25) is 0 Å². The molecule has 0 fully saturated rings. The molecule has 1 N–H and O–H groups in total. The van der Waals surface area contributed by atoms with E-state index in [2.05, 4.69) is 5.32 Å². The minimum atomic E-state index is -0.0595. The van der Waals surface area contributed by atoms with E-state index >= 15 is 0 Å². The van der Waals surface area contributed by atoms with Crippen LogP contribution < -0.4 is 14.8 Å². The van der Waals surface area contributed by atoms with Crippen molar-refractivity contribution in [1.29, 1.82) is 0 Å². The number of hydrogen-bond acceptors (Lipinski definition) is 4. The summed E-state index contributed by atoms with van der Waals surface area (Å²) in [5.41, 5.74) is 0.995. The Balaban J connectivity index is 1.57. The van der Waals surface area contributed by atoms with Crippen molar-refractivity contribution >= 4 is 17.4 Å². The highest BCUT2D eigenvalue weighted by atomic mass is 32.1. The summed E-state index contributed by atoms with van der Waals surface area (Å²) < 4.78 is 11.1. The lowest BCUT2D eigenvalue weighted by atomic mass is 10.2. The number of carbonyl (C=O) groups excluding carboxylic acids is 1. The van der Waals surface area contributed by atoms with Gasteiger partial charge in [0.05, 0.1) is 6.54 Å². The summed E-state index contributed by atoms with van der Waals surface area (Å²) in [4.78, 5) is 15.3. The first-order valence-corrected chi connectivity index (χ1v) is 8.58. The molecule has 2 aromatic rings. The van der Waals surface area contributed by atoms with Crippen LogP contribution in [0, 0.1) is 0 Å². The van der Waals surface area contributed by atoms with Crippen LogP contribution in [0.3, 0.4) is 0 Å². The molecule has 0 bridgehead atoms. The normalized spacial score (nSPS) is 12.7. The highest BCUT2D eigenvalue weighted by Gasteiger charge is 2.14. The smallest absolute Gasteiger partial charge is 0.317 e. The third kappa shape index (κ3) is 3.96. The summed E-state index contributed by atoms with van der Waals surface area (Å²) >= 11 is 1.66. The number of rotatable bonds is 5. The van der Waals surface area contributed by atoms with Crippen LogP contribution in [-0.2, 0) is 13.1 Å². The monoisotopic (exact) mass is 332 g/mol. The average Bonchev–Trinajstić information content (AvgIpc) is 3.10. The van der Waals surface area contributed by atoms with Gasteiger partial charge in [-0.25, -0.2) is 4.79 Å². The van der Waals surface area contributed by atoms with Crippen LogP contribution in [-0.4, -0.2) is 30.7 Å². The minimum absolute atomic E-state index is 0.0595. The number of urea groups is 1. The quantitative estimate of drug-likeness (QED) is 0.914. The van der Waals surface area contributed by atoms with Gasteiger partial charge in [0, 0.05) is 18.0 Å². The zero-order valence-electron chi connectivity index (χ0n) is 13.1. The molecule has 1 aromatic carbocycles. The highest BCUT2D eigenvalue weighted by Crippen LogP contribution is 2.30. The van der Waals surface area contributed by atoms with Crippen molar-refractivity contribution in [2.45, 2.75) is 20.0 Å². The number of hydrogen-bond donors (Lipinski definition) is 1. The van der Waals surface area contributed by atoms with Gasteiger partial charge in [0.15, 0.2) is 11.5 Å². The van der Waals surface area contributed by atoms with Gasteiger partial charge in [0.25, 0.3) is 0 Å². The van der Waals surface area contributed by atoms with Gasteiger partial charge in [0.1, 0.15) is 13.2 Å². The lowest BCUT2D eigenvalue weighted by Gasteiger charge is -2.21. The first-order chi connectivity index (χ1) is 11.3. The molecule has 0 atom stereocenters. The number of ether oxygens (including phenoxy) is 2. The maximum absolute atomic E-state index is 12.3. The van der Waals surface area contributed by atoms with Crippen LogP contribution in [0.15, 0.2) is 35.7 Å². The second-order valence-corrected chi connectivity index (χ2v) is 6.26. The van der Waals surface area contributed by atoms with Crippen LogP contribution in [0.2, 0.25) is 0 Å². The molecule has 1 aromatic heterocycles. The van der Waals surface area contributed by atoms with Crippen molar-refractivity contribution in [2.24, 2.45) is 0 Å². The van der Waals surface area contributed by atoms with Gasteiger partial charge in [-0.1, -0.05) is 12.1 Å². The van der Waals surface area contributed by atoms with Crippen molar-refractivity contribution in [3.8, 4) is 11.5 Å². The Bertz CT molecular complexity index is 658. The average molecular weight is 332 g/mol. The summed E-state index contributed by atoms with van der Waals surface area (Å²) in [6, 6.07) is 9.74. The first kappa shape index (κ1) is 15.7. The Kier molecular flexibility index (Phi) is 5.02. The SMILES string of the molecule is CCN(Cc1cccs1)C(=O)NCc1ccc2c(c1)OCCO2. The van der Waals surface area contributed by atoms with Crippen molar-refractivity contribution in [1.82, 2.24) is 10.2 Å². The van der Waals surface area contributed by atoms with Crippen LogP contribution in [0.1, 0.15) is 17.4 Å². The summed E-state index contributed by atoms with van der Waals surface area (Å²) in [5, 5.41) is 4.99. The van der Waals surface area contributed by atoms with Crippen molar-refractivity contribution in [3.05, 3.63) is 46.2 Å². The van der Waals surface area contributed by atoms with Gasteiger partial charge >= 0.3 is 6.03 Å². The predicted octanol–water partition coefficient (Wildman–Crippen LogP) is 3.25. The third-order valence-electron chi connectivity index (χ3n) is 3.65. The molecular weight excluding hydrogens is 312 g/mol. The van der Waals surface area contributed by atoms with E-state index in [4.69, 9.17) is 9.47 Å². The van der Waals surface area contributed by atoms with E-state index < -0.39 is 0 Å². The van der Waals surface area contributed by atoms with Crippen LogP contribution in [0.4, 0.5) is 4.79 Å². The lowest BCUT2D eigenvalue weighted by molar-refractivity contribution is 0.171. The maximum atomic E-state index is 12.3. The molecule has 0 saturated carbocycles. The largest absolute Gasteiger partial charge is 0.486 e. The Morgan fingerprint density at radius 3 is 2.83 bits per heavy atom. The number of benzene rings is 1. The van der Waals surface area contributed by atoms with E-state index in [1.165, 1.54) is 4.88 Å². The number of thiophene rings is 1. The lowest BCUT2D eigenvalue weighted by Crippen LogP contribution is -2.38. The maximum Gasteiger partial charge on any atom is 0.317 e. The standard InChI is InChI=1S/C17H20N2O3S/c1-2-19(12-14-4-3-9-23-14)17(20)18-11-13-5-6-15-16(10-13)22-8-7-21-15/h3-6,9-10H,2,7-8,11-12H2,1H3,(H,18,20). The molecular formula is C17H20N2O3S. The highest BCUT2D eigenvalue weighted by molar-refractivity contribution is 7.09. The molecule has 6 heteroatoms. The number of nitrogens with zero attached hydrogens (tertiary/aromatic N) is 1. The Morgan fingerprint density at radius 2 is 2.09 bits per heavy atom. The number of fused-ring (bicyclic) bond motifs is 1. The zero-order valence-corrected chi connectivity index (χ0v) is 13.9. The van der Waals surface area contributed by atoms with Crippen molar-refractivity contribution in [3.63, 3.8) is 0 Å². The summed E-state index contributed by atoms with van der Waals surface area (Å²) in [6.45, 7) is 4.91. The Hall–Kier alpha value is -2.21. The van der Waals surface area contributed by atoms with Gasteiger partial charge < -0.3 is 19.7 Å². The molecule has 122 valence electrons. The second-order valence-electron chi connectivity index (χ2n) is 5.23. The van der Waals surface area contributed by atoms with Crippen LogP contribution >= 0.6 is 11.3 Å². The van der Waals surface area contributed by atoms with Gasteiger partial charge in [-0.05, 0) is 36.1 Å². The van der Waals surface area contributed by atoms with E-state index in [1.807, 2.05) is 42.6 Å². The molecule has 3 rings (SSSR count). The molecule has 0 radical (unpaired) electrons. The molecule has 1 aliphatic heterocycles. The number of carbonyl (C=O) groups is 1. The van der Waals surface area contributed by atoms with E-state index in [0.29, 0.717) is 32.8 Å². The third-order valence-corrected chi connectivity index (χ3v) is 4.51. The minimum Gasteiger partial charge on any atom is -0.486 e. The van der Waals surface area contributed by atoms with E-state index in [1.54, 1.807) is 16.2 Å². The van der Waals surface area contributed by atoms with E-state index in [-0.39, 0.29) is 6.03 Å². The van der Waals surface area contributed by atoms with Crippen LogP contribution in [0.5, 0.6) is 11.5 Å². The van der Waals surface area contributed by atoms with Gasteiger partial charge in [-0.15, -0.1) is 11.3 Å². The molecule has 2 amide bonds. The Morgan fingerprint density at radius 1 is 1.26 bits per heavy atom. The molecule has 23 heavy (non-hydrogen) atoms. The Labute approximate surface area is 139 Å². The van der Waals surface area contributed by atoms with E-state index in [0.717, 1.165) is 17.1 Å². The number of amides is 2. The topological polar surface area (TPSA) is 50.8 Å². The van der Waals surface area contributed by atoms with Crippen molar-refractivity contribution in [2.75, 3.05) is 19.8 Å². The molecule has 0 unspecified atom stereocenters. The summed E-state index contributed by atoms with van der Waals surface area (Å²) in [6.07, 6.45) is 0. The fourth-order valence-electron chi connectivity index (χ4n) is 2.41. The van der Waals surface area contributed by atoms with Gasteiger partial charge in [-0.2, -0.15) is 0 Å². The van der Waals surface area contributed by atoms with Crippen LogP contribution in [0.25, 0.3) is 0 Å².